The number of halogens is 3. The number of carbonyl (C=O) groups excluding carboxylic acids is 1. The van der Waals surface area contributed by atoms with Gasteiger partial charge in [-0.05, 0) is 36.2 Å². The van der Waals surface area contributed by atoms with Gasteiger partial charge in [-0.2, -0.15) is 0 Å². The molecule has 0 bridgehead atoms. The number of nitrogens with one attached hydrogen (secondary N) is 1. The predicted molar refractivity (Wildman–Crippen MR) is 129 cm³/mol. The van der Waals surface area contributed by atoms with Gasteiger partial charge in [0.1, 0.15) is 0 Å². The van der Waals surface area contributed by atoms with E-state index in [2.05, 4.69) is 15.3 Å². The Bertz CT molecular complexity index is 1230. The van der Waals surface area contributed by atoms with Gasteiger partial charge in [0.2, 0.25) is 5.95 Å². The Morgan fingerprint density at radius 3 is 2.75 bits per heavy atom. The third-order valence-corrected chi connectivity index (χ3v) is 6.18. The highest BCUT2D eigenvalue weighted by molar-refractivity contribution is 5.97. The predicted octanol–water partition coefficient (Wildman–Crippen LogP) is 3.41. The van der Waals surface area contributed by atoms with Crippen LogP contribution < -0.4 is 10.1 Å². The molecule has 0 radical (unpaired) electrons. The van der Waals surface area contributed by atoms with Gasteiger partial charge < -0.3 is 19.5 Å². The van der Waals surface area contributed by atoms with Gasteiger partial charge in [0, 0.05) is 44.2 Å². The van der Waals surface area contributed by atoms with Crippen molar-refractivity contribution in [2.75, 3.05) is 39.6 Å². The number of rotatable bonds is 10. The lowest BCUT2D eigenvalue weighted by Gasteiger charge is -2.31. The van der Waals surface area contributed by atoms with Crippen molar-refractivity contribution in [2.45, 2.75) is 32.5 Å². The number of alkyl halides is 2. The van der Waals surface area contributed by atoms with Crippen molar-refractivity contribution in [1.29, 1.82) is 0 Å². The summed E-state index contributed by atoms with van der Waals surface area (Å²) >= 11 is 0. The van der Waals surface area contributed by atoms with Crippen LogP contribution in [0.2, 0.25) is 0 Å². The molecule has 0 saturated carbocycles. The van der Waals surface area contributed by atoms with Crippen molar-refractivity contribution in [1.82, 2.24) is 24.3 Å². The van der Waals surface area contributed by atoms with E-state index in [1.54, 1.807) is 30.1 Å². The summed E-state index contributed by atoms with van der Waals surface area (Å²) in [6.07, 6.45) is 2.71. The molecule has 3 heterocycles. The Labute approximate surface area is 207 Å². The molecule has 192 valence electrons. The maximum Gasteiger partial charge on any atom is 0.254 e. The second-order valence-corrected chi connectivity index (χ2v) is 8.78. The van der Waals surface area contributed by atoms with Gasteiger partial charge in [0.15, 0.2) is 11.6 Å². The standard InChI is InChI=1S/C25H29F3N6O2/c1-29-25-30-5-7-34(25)12-16-8-17(13-32(2)15-23(27)28)19-4-6-33(24(35)20(19)9-16)14-18-10-22(36-3)21(26)11-31-18/h5,7-11,23H,4,6,12-15H2,1-3H3,(H,29,30). The lowest BCUT2D eigenvalue weighted by molar-refractivity contribution is 0.0722. The molecule has 2 aromatic heterocycles. The molecule has 1 amide bonds. The number of imidazole rings is 1. The van der Waals surface area contributed by atoms with Gasteiger partial charge in [-0.3, -0.25) is 14.7 Å². The molecule has 36 heavy (non-hydrogen) atoms. The number of amides is 1. The lowest BCUT2D eigenvalue weighted by Crippen LogP contribution is -2.38. The van der Waals surface area contributed by atoms with Gasteiger partial charge in [0.25, 0.3) is 12.3 Å². The largest absolute Gasteiger partial charge is 0.494 e. The first-order valence-corrected chi connectivity index (χ1v) is 11.6. The van der Waals surface area contributed by atoms with Crippen LogP contribution in [-0.2, 0) is 26.1 Å². The van der Waals surface area contributed by atoms with E-state index in [0.717, 1.165) is 22.9 Å². The van der Waals surface area contributed by atoms with E-state index in [4.69, 9.17) is 4.74 Å². The van der Waals surface area contributed by atoms with E-state index in [9.17, 15) is 18.0 Å². The number of nitrogens with zero attached hydrogens (tertiary/aromatic N) is 5. The van der Waals surface area contributed by atoms with Crippen molar-refractivity contribution >= 4 is 11.9 Å². The SMILES string of the molecule is CNc1nccn1Cc1cc(CN(C)CC(F)F)c2c(c1)C(=O)N(Cc1cc(OC)c(F)cn1)CC2. The number of aromatic nitrogens is 3. The molecule has 1 aromatic carbocycles. The molecule has 4 rings (SSSR count). The molecule has 0 atom stereocenters. The first-order valence-electron chi connectivity index (χ1n) is 11.6. The molecule has 8 nitrogen and oxygen atoms in total. The summed E-state index contributed by atoms with van der Waals surface area (Å²) in [6, 6.07) is 5.33. The summed E-state index contributed by atoms with van der Waals surface area (Å²) in [5.41, 5.74) is 3.63. The van der Waals surface area contributed by atoms with Crippen LogP contribution in [0.1, 0.15) is 32.7 Å². The third kappa shape index (κ3) is 5.62. The molecule has 0 saturated heterocycles. The number of methoxy groups -OCH3 is 1. The summed E-state index contributed by atoms with van der Waals surface area (Å²) in [7, 11) is 4.79. The lowest BCUT2D eigenvalue weighted by atomic mass is 9.91. The van der Waals surface area contributed by atoms with Crippen LogP contribution in [0.3, 0.4) is 0 Å². The number of hydrogen-bond donors (Lipinski definition) is 1. The Morgan fingerprint density at radius 2 is 2.03 bits per heavy atom. The number of anilines is 1. The van der Waals surface area contributed by atoms with Crippen molar-refractivity contribution in [2.24, 2.45) is 0 Å². The normalized spacial score (nSPS) is 13.4. The second kappa shape index (κ2) is 11.0. The van der Waals surface area contributed by atoms with Crippen LogP contribution in [0.5, 0.6) is 5.75 Å². The Balaban J connectivity index is 1.66. The number of ether oxygens (including phenoxy) is 1. The highest BCUT2D eigenvalue weighted by atomic mass is 19.3. The summed E-state index contributed by atoms with van der Waals surface area (Å²) in [5.74, 6) is -0.00910. The van der Waals surface area contributed by atoms with Gasteiger partial charge in [-0.25, -0.2) is 18.2 Å². The molecule has 0 unspecified atom stereocenters. The zero-order chi connectivity index (χ0) is 25.8. The van der Waals surface area contributed by atoms with Crippen LogP contribution >= 0.6 is 0 Å². The molecule has 0 aliphatic carbocycles. The molecule has 3 aromatic rings. The van der Waals surface area contributed by atoms with Gasteiger partial charge >= 0.3 is 0 Å². The minimum absolute atomic E-state index is 0.0668. The average Bonchev–Trinajstić information content (AvgIpc) is 3.28. The summed E-state index contributed by atoms with van der Waals surface area (Å²) in [5, 5.41) is 3.02. The quantitative estimate of drug-likeness (QED) is 0.458. The zero-order valence-electron chi connectivity index (χ0n) is 20.5. The van der Waals surface area contributed by atoms with E-state index < -0.39 is 12.2 Å². The minimum atomic E-state index is -2.45. The molecule has 1 N–H and O–H groups in total. The monoisotopic (exact) mass is 502 g/mol. The fourth-order valence-corrected chi connectivity index (χ4v) is 4.54. The maximum absolute atomic E-state index is 13.8. The Kier molecular flexibility index (Phi) is 7.78. The van der Waals surface area contributed by atoms with Crippen molar-refractivity contribution in [3.05, 3.63) is 70.6 Å². The zero-order valence-corrected chi connectivity index (χ0v) is 20.5. The first kappa shape index (κ1) is 25.5. The highest BCUT2D eigenvalue weighted by Crippen LogP contribution is 2.28. The van der Waals surface area contributed by atoms with Crippen molar-refractivity contribution in [3.8, 4) is 5.75 Å². The minimum Gasteiger partial charge on any atom is -0.494 e. The molecule has 0 fully saturated rings. The van der Waals surface area contributed by atoms with E-state index in [1.807, 2.05) is 22.9 Å². The summed E-state index contributed by atoms with van der Waals surface area (Å²) < 4.78 is 46.7. The summed E-state index contributed by atoms with van der Waals surface area (Å²) in [6.45, 7) is 1.03. The van der Waals surface area contributed by atoms with Crippen LogP contribution in [0.15, 0.2) is 36.8 Å². The first-order chi connectivity index (χ1) is 17.3. The van der Waals surface area contributed by atoms with Gasteiger partial charge in [-0.15, -0.1) is 0 Å². The fraction of sp³-hybridized carbons (Fsp3) is 0.400. The second-order valence-electron chi connectivity index (χ2n) is 8.78. The van der Waals surface area contributed by atoms with E-state index in [0.29, 0.717) is 43.3 Å². The van der Waals surface area contributed by atoms with Crippen molar-refractivity contribution in [3.63, 3.8) is 0 Å². The van der Waals surface area contributed by atoms with E-state index in [1.165, 1.54) is 13.2 Å². The third-order valence-electron chi connectivity index (χ3n) is 6.18. The average molecular weight is 503 g/mol. The van der Waals surface area contributed by atoms with Crippen molar-refractivity contribution < 1.29 is 22.7 Å². The number of pyridine rings is 1. The molecular weight excluding hydrogens is 473 g/mol. The molecule has 0 spiro atoms. The topological polar surface area (TPSA) is 75.5 Å². The number of carbonyl (C=O) groups is 1. The van der Waals surface area contributed by atoms with Crippen LogP contribution in [0.4, 0.5) is 19.1 Å². The number of benzene rings is 1. The molecule has 11 heteroatoms. The smallest absolute Gasteiger partial charge is 0.254 e. The van der Waals surface area contributed by atoms with Crippen LogP contribution in [0, 0.1) is 5.82 Å². The van der Waals surface area contributed by atoms with Gasteiger partial charge in [0.05, 0.1) is 38.6 Å². The summed E-state index contributed by atoms with van der Waals surface area (Å²) in [4.78, 5) is 25.1. The number of hydrogen-bond acceptors (Lipinski definition) is 6. The Morgan fingerprint density at radius 1 is 1.22 bits per heavy atom. The van der Waals surface area contributed by atoms with Crippen LogP contribution in [-0.4, -0.2) is 71.0 Å². The molecule has 1 aliphatic heterocycles. The molecule has 1 aliphatic rings. The van der Waals surface area contributed by atoms with E-state index >= 15 is 0 Å². The number of fused-ring (bicyclic) bond motifs is 1. The van der Waals surface area contributed by atoms with E-state index in [-0.39, 0.29) is 24.7 Å². The Hall–Kier alpha value is -3.60. The fourth-order valence-electron chi connectivity index (χ4n) is 4.54. The maximum atomic E-state index is 13.8. The van der Waals surface area contributed by atoms with Gasteiger partial charge in [-0.1, -0.05) is 6.07 Å². The highest BCUT2D eigenvalue weighted by Gasteiger charge is 2.28. The van der Waals surface area contributed by atoms with Crippen LogP contribution in [0.25, 0.3) is 0 Å². The molecular formula is C25H29F3N6O2.